The van der Waals surface area contributed by atoms with Gasteiger partial charge < -0.3 is 29.6 Å². The first-order valence-corrected chi connectivity index (χ1v) is 9.01. The Bertz CT molecular complexity index is 737. The zero-order valence-electron chi connectivity index (χ0n) is 16.5. The number of hydrogen-bond donors (Lipinski definition) is 1. The number of fused-ring (bicyclic) bond motifs is 1. The predicted octanol–water partition coefficient (Wildman–Crippen LogP) is 1.93. The third-order valence-corrected chi connectivity index (χ3v) is 4.82. The molecule has 9 nitrogen and oxygen atoms in total. The number of esters is 1. The van der Waals surface area contributed by atoms with Crippen molar-refractivity contribution in [3.63, 3.8) is 0 Å². The van der Waals surface area contributed by atoms with Gasteiger partial charge in [-0.05, 0) is 31.0 Å². The van der Waals surface area contributed by atoms with Gasteiger partial charge in [-0.15, -0.1) is 0 Å². The third-order valence-electron chi connectivity index (χ3n) is 4.82. The molecule has 1 amide bonds. The van der Waals surface area contributed by atoms with Gasteiger partial charge in [0.1, 0.15) is 6.04 Å². The molecule has 2 rings (SSSR count). The van der Waals surface area contributed by atoms with Gasteiger partial charge >= 0.3 is 12.1 Å². The summed E-state index contributed by atoms with van der Waals surface area (Å²) in [4.78, 5) is 37.7. The zero-order valence-corrected chi connectivity index (χ0v) is 16.5. The molecular formula is C19H26N2O7. The fourth-order valence-electron chi connectivity index (χ4n) is 2.45. The van der Waals surface area contributed by atoms with Crippen LogP contribution in [0.15, 0.2) is 18.2 Å². The highest BCUT2D eigenvalue weighted by atomic mass is 16.7. The molecule has 0 saturated carbocycles. The zero-order chi connectivity index (χ0) is 20.8. The quantitative estimate of drug-likeness (QED) is 0.404. The van der Waals surface area contributed by atoms with Gasteiger partial charge in [-0.3, -0.25) is 9.59 Å². The average Bonchev–Trinajstić information content (AvgIpc) is 3.18. The molecule has 0 saturated heterocycles. The summed E-state index contributed by atoms with van der Waals surface area (Å²) >= 11 is 0. The highest BCUT2D eigenvalue weighted by Gasteiger charge is 2.27. The van der Waals surface area contributed by atoms with Gasteiger partial charge in [-0.25, -0.2) is 4.79 Å². The van der Waals surface area contributed by atoms with E-state index in [1.165, 1.54) is 7.05 Å². The van der Waals surface area contributed by atoms with E-state index in [-0.39, 0.29) is 18.5 Å². The Balaban J connectivity index is 1.86. The lowest BCUT2D eigenvalue weighted by Gasteiger charge is -2.23. The molecule has 28 heavy (non-hydrogen) atoms. The Morgan fingerprint density at radius 2 is 1.86 bits per heavy atom. The van der Waals surface area contributed by atoms with Crippen LogP contribution >= 0.6 is 0 Å². The number of carbonyl (C=O) groups excluding carboxylic acids is 3. The lowest BCUT2D eigenvalue weighted by Crippen LogP contribution is -2.42. The number of ketones is 1. The maximum atomic E-state index is 12.6. The minimum atomic E-state index is -0.800. The molecule has 2 N–H and O–H groups in total. The first kappa shape index (κ1) is 21.5. The Morgan fingerprint density at radius 1 is 1.18 bits per heavy atom. The lowest BCUT2D eigenvalue weighted by atomic mass is 10.0. The van der Waals surface area contributed by atoms with E-state index in [9.17, 15) is 14.4 Å². The third kappa shape index (κ3) is 4.92. The Kier molecular flexibility index (Phi) is 7.22. The molecule has 154 valence electrons. The molecule has 1 heterocycles. The summed E-state index contributed by atoms with van der Waals surface area (Å²) in [6, 6.07) is 3.22. The number of hydrogen-bond acceptors (Lipinski definition) is 8. The number of nitrogens with two attached hydrogens (primary N) is 1. The summed E-state index contributed by atoms with van der Waals surface area (Å²) in [6.07, 6.45) is -0.0790. The molecule has 3 atom stereocenters. The number of rotatable bonds is 8. The van der Waals surface area contributed by atoms with Crippen molar-refractivity contribution in [2.45, 2.75) is 39.3 Å². The molecular weight excluding hydrogens is 368 g/mol. The Labute approximate surface area is 163 Å². The fourth-order valence-corrected chi connectivity index (χ4v) is 2.45. The first-order chi connectivity index (χ1) is 13.3. The number of benzene rings is 1. The van der Waals surface area contributed by atoms with Gasteiger partial charge in [-0.1, -0.05) is 20.3 Å². The van der Waals surface area contributed by atoms with Gasteiger partial charge in [-0.2, -0.15) is 0 Å². The number of nitrogens with zero attached hydrogens (tertiary/aromatic N) is 1. The van der Waals surface area contributed by atoms with Gasteiger partial charge in [0, 0.05) is 12.6 Å². The molecule has 0 bridgehead atoms. The monoisotopic (exact) mass is 394 g/mol. The summed E-state index contributed by atoms with van der Waals surface area (Å²) < 4.78 is 20.3. The largest absolute Gasteiger partial charge is 0.454 e. The minimum absolute atomic E-state index is 0.0507. The second-order valence-corrected chi connectivity index (χ2v) is 6.62. The normalized spacial score (nSPS) is 15.3. The second-order valence-electron chi connectivity index (χ2n) is 6.62. The van der Waals surface area contributed by atoms with Crippen LogP contribution in [0.25, 0.3) is 0 Å². The van der Waals surface area contributed by atoms with Crippen LogP contribution < -0.4 is 15.2 Å². The van der Waals surface area contributed by atoms with Crippen LogP contribution in [0.1, 0.15) is 37.6 Å². The lowest BCUT2D eigenvalue weighted by molar-refractivity contribution is -0.155. The maximum Gasteiger partial charge on any atom is 0.413 e. The molecule has 1 aromatic carbocycles. The topological polar surface area (TPSA) is 117 Å². The molecule has 1 aromatic rings. The van der Waals surface area contributed by atoms with Gasteiger partial charge in [0.25, 0.3) is 0 Å². The fraction of sp³-hybridized carbons (Fsp3) is 0.526. The average molecular weight is 394 g/mol. The Morgan fingerprint density at radius 3 is 2.54 bits per heavy atom. The van der Waals surface area contributed by atoms with Crippen molar-refractivity contribution in [3.05, 3.63) is 23.8 Å². The summed E-state index contributed by atoms with van der Waals surface area (Å²) in [6.45, 7) is 4.84. The number of likely N-dealkylation sites (N-methyl/N-ethyl adjacent to an activating group) is 1. The van der Waals surface area contributed by atoms with Crippen LogP contribution in [0.2, 0.25) is 0 Å². The highest BCUT2D eigenvalue weighted by molar-refractivity contribution is 6.01. The van der Waals surface area contributed by atoms with E-state index < -0.39 is 30.9 Å². The van der Waals surface area contributed by atoms with Crippen LogP contribution in [0, 0.1) is 5.92 Å². The van der Waals surface area contributed by atoms with E-state index >= 15 is 0 Å². The number of Topliss-reactive ketones (excluding diaryl/α,β-unsaturated/α-hetero) is 1. The highest BCUT2D eigenvalue weighted by Crippen LogP contribution is 2.33. The van der Waals surface area contributed by atoms with Crippen LogP contribution in [-0.4, -0.2) is 55.5 Å². The molecule has 9 heteroatoms. The van der Waals surface area contributed by atoms with Crippen molar-refractivity contribution < 1.29 is 33.3 Å². The molecule has 0 radical (unpaired) electrons. The van der Waals surface area contributed by atoms with Crippen molar-refractivity contribution in [2.75, 3.05) is 20.6 Å². The molecule has 0 fully saturated rings. The van der Waals surface area contributed by atoms with E-state index in [1.54, 1.807) is 25.1 Å². The maximum absolute atomic E-state index is 12.6. The van der Waals surface area contributed by atoms with Gasteiger partial charge in [0.15, 0.2) is 17.3 Å². The summed E-state index contributed by atoms with van der Waals surface area (Å²) in [5.41, 5.74) is 6.13. The Hall–Kier alpha value is -2.81. The van der Waals surface area contributed by atoms with Gasteiger partial charge in [0.05, 0.1) is 6.04 Å². The SMILES string of the molecule is CCC(C)C(N)C(=O)OCOC(=O)N(C)C(C)C(=O)c1ccc2c(c1)OCO2. The summed E-state index contributed by atoms with van der Waals surface area (Å²) in [7, 11) is 1.42. The van der Waals surface area contributed by atoms with E-state index in [4.69, 9.17) is 24.7 Å². The standard InChI is InChI=1S/C19H26N2O7/c1-5-11(2)16(20)18(23)27-10-28-19(24)21(4)12(3)17(22)13-6-7-14-15(8-13)26-9-25-14/h6-8,11-12,16H,5,9-10,20H2,1-4H3. The van der Waals surface area contributed by atoms with Crippen LogP contribution in [0.4, 0.5) is 4.79 Å². The second kappa shape index (κ2) is 9.41. The molecule has 3 unspecified atom stereocenters. The molecule has 0 aliphatic carbocycles. The van der Waals surface area contributed by atoms with Crippen molar-refractivity contribution >= 4 is 17.8 Å². The van der Waals surface area contributed by atoms with Crippen LogP contribution in [-0.2, 0) is 14.3 Å². The minimum Gasteiger partial charge on any atom is -0.454 e. The molecule has 0 aromatic heterocycles. The number of carbonyl (C=O) groups is 3. The van der Waals surface area contributed by atoms with Gasteiger partial charge in [0.2, 0.25) is 13.6 Å². The first-order valence-electron chi connectivity index (χ1n) is 9.01. The number of amides is 1. The molecule has 1 aliphatic rings. The summed E-state index contributed by atoms with van der Waals surface area (Å²) in [5, 5.41) is 0. The van der Waals surface area contributed by atoms with Crippen LogP contribution in [0.5, 0.6) is 11.5 Å². The number of ether oxygens (including phenoxy) is 4. The molecule has 0 spiro atoms. The van der Waals surface area contributed by atoms with Crippen molar-refractivity contribution in [1.82, 2.24) is 4.90 Å². The summed E-state index contributed by atoms with van der Waals surface area (Å²) in [5.74, 6) is 0.0512. The van der Waals surface area contributed by atoms with E-state index in [0.29, 0.717) is 17.1 Å². The van der Waals surface area contributed by atoms with Crippen molar-refractivity contribution in [2.24, 2.45) is 11.7 Å². The van der Waals surface area contributed by atoms with E-state index in [2.05, 4.69) is 0 Å². The smallest absolute Gasteiger partial charge is 0.413 e. The van der Waals surface area contributed by atoms with Crippen molar-refractivity contribution in [3.8, 4) is 11.5 Å². The van der Waals surface area contributed by atoms with E-state index in [0.717, 1.165) is 11.3 Å². The predicted molar refractivity (Wildman–Crippen MR) is 99.0 cm³/mol. The van der Waals surface area contributed by atoms with Crippen LogP contribution in [0.3, 0.4) is 0 Å². The molecule has 1 aliphatic heterocycles. The van der Waals surface area contributed by atoms with E-state index in [1.807, 2.05) is 13.8 Å². The van der Waals surface area contributed by atoms with Crippen molar-refractivity contribution in [1.29, 1.82) is 0 Å².